The second-order valence-electron chi connectivity index (χ2n) is 7.16. The number of ether oxygens (including phenoxy) is 2. The van der Waals surface area contributed by atoms with Crippen LogP contribution in [-0.4, -0.2) is 73.1 Å². The van der Waals surface area contributed by atoms with Crippen LogP contribution in [0.5, 0.6) is 5.75 Å². The van der Waals surface area contributed by atoms with E-state index in [1.807, 2.05) is 0 Å². The number of carboxylic acids is 1. The molecule has 2 fully saturated rings. The molecule has 2 aliphatic heterocycles. The molecule has 0 radical (unpaired) electrons. The third-order valence-electron chi connectivity index (χ3n) is 5.29. The standard InChI is InChI=1S/C20H23N3O8/c1-3-31-19(28)13-10-22(9-12(13)18(26)27)17(25)11-4-5-14(15(8-11)30-2)23-7-6-16(24)21-20(23)29/h4-5,8,12-13H,3,6-7,9-10H2,1-2H3,(H,26,27)(H,21,24,29)/t12-,13-/m1/s1. The molecule has 0 unspecified atom stereocenters. The van der Waals surface area contributed by atoms with Crippen molar-refractivity contribution in [3.63, 3.8) is 0 Å². The lowest BCUT2D eigenvalue weighted by Crippen LogP contribution is -2.49. The number of amides is 4. The Balaban J connectivity index is 1.82. The number of carbonyl (C=O) groups is 5. The molecule has 11 heteroatoms. The van der Waals surface area contributed by atoms with Crippen LogP contribution in [0.15, 0.2) is 18.2 Å². The Morgan fingerprint density at radius 2 is 1.90 bits per heavy atom. The quantitative estimate of drug-likeness (QED) is 0.617. The van der Waals surface area contributed by atoms with Crippen LogP contribution in [0, 0.1) is 11.8 Å². The van der Waals surface area contributed by atoms with Crippen LogP contribution in [0.3, 0.4) is 0 Å². The Kier molecular flexibility index (Phi) is 6.42. The van der Waals surface area contributed by atoms with Gasteiger partial charge in [0.1, 0.15) is 5.75 Å². The van der Waals surface area contributed by atoms with E-state index in [-0.39, 0.29) is 49.9 Å². The molecule has 2 N–H and O–H groups in total. The topological polar surface area (TPSA) is 143 Å². The summed E-state index contributed by atoms with van der Waals surface area (Å²) >= 11 is 0. The van der Waals surface area contributed by atoms with Crippen molar-refractivity contribution in [2.45, 2.75) is 13.3 Å². The number of likely N-dealkylation sites (tertiary alicyclic amines) is 1. The van der Waals surface area contributed by atoms with Crippen LogP contribution >= 0.6 is 0 Å². The van der Waals surface area contributed by atoms with Gasteiger partial charge < -0.3 is 19.5 Å². The number of hydrogen-bond donors (Lipinski definition) is 2. The molecule has 2 aliphatic rings. The summed E-state index contributed by atoms with van der Waals surface area (Å²) in [7, 11) is 1.38. The van der Waals surface area contributed by atoms with Gasteiger partial charge in [0, 0.05) is 31.6 Å². The van der Waals surface area contributed by atoms with E-state index in [1.54, 1.807) is 6.92 Å². The van der Waals surface area contributed by atoms with E-state index >= 15 is 0 Å². The Morgan fingerprint density at radius 1 is 1.19 bits per heavy atom. The normalized spacial score (nSPS) is 21.0. The summed E-state index contributed by atoms with van der Waals surface area (Å²) in [5, 5.41) is 11.7. The first-order valence-corrected chi connectivity index (χ1v) is 9.74. The molecule has 166 valence electrons. The zero-order valence-corrected chi connectivity index (χ0v) is 17.1. The maximum Gasteiger partial charge on any atom is 0.328 e. The highest BCUT2D eigenvalue weighted by molar-refractivity contribution is 6.06. The van der Waals surface area contributed by atoms with E-state index in [9.17, 15) is 29.1 Å². The summed E-state index contributed by atoms with van der Waals surface area (Å²) in [5.41, 5.74) is 0.598. The molecule has 4 amide bonds. The number of carbonyl (C=O) groups excluding carboxylic acids is 4. The molecule has 0 bridgehead atoms. The fraction of sp³-hybridized carbons (Fsp3) is 0.450. The van der Waals surface area contributed by atoms with E-state index in [1.165, 1.54) is 35.1 Å². The van der Waals surface area contributed by atoms with Crippen LogP contribution in [0.4, 0.5) is 10.5 Å². The predicted octanol–water partition coefficient (Wildman–Crippen LogP) is 0.477. The fourth-order valence-electron chi connectivity index (χ4n) is 3.72. The lowest BCUT2D eigenvalue weighted by Gasteiger charge is -2.28. The van der Waals surface area contributed by atoms with Gasteiger partial charge in [0.05, 0.1) is 31.2 Å². The van der Waals surface area contributed by atoms with Crippen molar-refractivity contribution in [2.24, 2.45) is 11.8 Å². The number of imide groups is 1. The van der Waals surface area contributed by atoms with Crippen LogP contribution in [0.25, 0.3) is 0 Å². The number of methoxy groups -OCH3 is 1. The van der Waals surface area contributed by atoms with Crippen molar-refractivity contribution in [3.8, 4) is 5.75 Å². The zero-order valence-electron chi connectivity index (χ0n) is 17.1. The van der Waals surface area contributed by atoms with Crippen molar-refractivity contribution in [1.82, 2.24) is 10.2 Å². The molecular weight excluding hydrogens is 410 g/mol. The SMILES string of the molecule is CCOC(=O)[C@@H]1CN(C(=O)c2ccc(N3CCC(=O)NC3=O)c(OC)c2)C[C@H]1C(=O)O. The minimum absolute atomic E-state index is 0.0741. The summed E-state index contributed by atoms with van der Waals surface area (Å²) in [6.07, 6.45) is 0.134. The number of nitrogens with zero attached hydrogens (tertiary/aromatic N) is 2. The Morgan fingerprint density at radius 3 is 2.52 bits per heavy atom. The molecule has 2 heterocycles. The molecule has 0 spiro atoms. The van der Waals surface area contributed by atoms with Gasteiger partial charge in [-0.25, -0.2) is 4.79 Å². The smallest absolute Gasteiger partial charge is 0.328 e. The number of hydrogen-bond acceptors (Lipinski definition) is 7. The minimum atomic E-state index is -1.17. The van der Waals surface area contributed by atoms with Gasteiger partial charge in [-0.05, 0) is 25.1 Å². The lowest BCUT2D eigenvalue weighted by molar-refractivity contribution is -0.155. The van der Waals surface area contributed by atoms with Gasteiger partial charge in [0.25, 0.3) is 5.91 Å². The van der Waals surface area contributed by atoms with Gasteiger partial charge in [-0.1, -0.05) is 0 Å². The van der Waals surface area contributed by atoms with Crippen molar-refractivity contribution >= 4 is 35.5 Å². The van der Waals surface area contributed by atoms with E-state index in [4.69, 9.17) is 9.47 Å². The molecule has 2 atom stereocenters. The van der Waals surface area contributed by atoms with E-state index in [2.05, 4.69) is 5.32 Å². The highest BCUT2D eigenvalue weighted by Crippen LogP contribution is 2.32. The zero-order chi connectivity index (χ0) is 22.7. The molecule has 11 nitrogen and oxygen atoms in total. The molecule has 31 heavy (non-hydrogen) atoms. The second kappa shape index (κ2) is 9.02. The number of aliphatic carboxylic acids is 1. The fourth-order valence-corrected chi connectivity index (χ4v) is 3.72. The Labute approximate surface area is 177 Å². The first kappa shape index (κ1) is 22.1. The van der Waals surface area contributed by atoms with Crippen LogP contribution in [0.2, 0.25) is 0 Å². The third kappa shape index (κ3) is 4.44. The van der Waals surface area contributed by atoms with Crippen LogP contribution in [-0.2, 0) is 19.1 Å². The predicted molar refractivity (Wildman–Crippen MR) is 106 cm³/mol. The van der Waals surface area contributed by atoms with Gasteiger partial charge in [0.2, 0.25) is 5.91 Å². The largest absolute Gasteiger partial charge is 0.495 e. The molecule has 0 saturated carbocycles. The van der Waals surface area contributed by atoms with Crippen LogP contribution in [0.1, 0.15) is 23.7 Å². The summed E-state index contributed by atoms with van der Waals surface area (Å²) in [6.45, 7) is 1.71. The van der Waals surface area contributed by atoms with Crippen molar-refractivity contribution < 1.29 is 38.6 Å². The molecule has 3 rings (SSSR count). The highest BCUT2D eigenvalue weighted by atomic mass is 16.5. The van der Waals surface area contributed by atoms with Gasteiger partial charge in [-0.3, -0.25) is 29.4 Å². The van der Waals surface area contributed by atoms with E-state index in [0.29, 0.717) is 5.69 Å². The van der Waals surface area contributed by atoms with Gasteiger partial charge in [0.15, 0.2) is 0 Å². The molecule has 0 aliphatic carbocycles. The molecule has 2 saturated heterocycles. The number of urea groups is 1. The average molecular weight is 433 g/mol. The summed E-state index contributed by atoms with van der Waals surface area (Å²) in [4.78, 5) is 62.8. The number of anilines is 1. The maximum atomic E-state index is 13.0. The summed E-state index contributed by atoms with van der Waals surface area (Å²) in [6, 6.07) is 3.86. The first-order valence-electron chi connectivity index (χ1n) is 9.74. The molecule has 1 aromatic rings. The molecule has 1 aromatic carbocycles. The number of nitrogens with one attached hydrogen (secondary N) is 1. The maximum absolute atomic E-state index is 13.0. The average Bonchev–Trinajstić information content (AvgIpc) is 3.19. The Hall–Kier alpha value is -3.63. The van der Waals surface area contributed by atoms with Crippen molar-refractivity contribution in [3.05, 3.63) is 23.8 Å². The van der Waals surface area contributed by atoms with Crippen LogP contribution < -0.4 is 15.0 Å². The van der Waals surface area contributed by atoms with E-state index < -0.39 is 35.7 Å². The van der Waals surface area contributed by atoms with Gasteiger partial charge in [-0.15, -0.1) is 0 Å². The third-order valence-corrected chi connectivity index (χ3v) is 5.29. The Bertz CT molecular complexity index is 931. The number of rotatable bonds is 6. The first-order chi connectivity index (χ1) is 14.8. The van der Waals surface area contributed by atoms with Gasteiger partial charge in [-0.2, -0.15) is 0 Å². The van der Waals surface area contributed by atoms with Crippen molar-refractivity contribution in [1.29, 1.82) is 0 Å². The molecule has 0 aromatic heterocycles. The summed E-state index contributed by atoms with van der Waals surface area (Å²) in [5.74, 6) is -4.43. The number of carboxylic acid groups (broad SMARTS) is 1. The molecular formula is C20H23N3O8. The monoisotopic (exact) mass is 433 g/mol. The van der Waals surface area contributed by atoms with Gasteiger partial charge >= 0.3 is 18.0 Å². The summed E-state index contributed by atoms with van der Waals surface area (Å²) < 4.78 is 10.3. The number of esters is 1. The lowest BCUT2D eigenvalue weighted by atomic mass is 9.96. The second-order valence-corrected chi connectivity index (χ2v) is 7.16. The van der Waals surface area contributed by atoms with E-state index in [0.717, 1.165) is 0 Å². The minimum Gasteiger partial charge on any atom is -0.495 e. The highest BCUT2D eigenvalue weighted by Gasteiger charge is 2.44. The van der Waals surface area contributed by atoms with Crippen molar-refractivity contribution in [2.75, 3.05) is 38.3 Å². The number of benzene rings is 1.